The Bertz CT molecular complexity index is 556. The van der Waals surface area contributed by atoms with Crippen LogP contribution in [-0.4, -0.2) is 35.8 Å². The summed E-state index contributed by atoms with van der Waals surface area (Å²) in [6.07, 6.45) is -0.932. The second kappa shape index (κ2) is 6.16. The van der Waals surface area contributed by atoms with Gasteiger partial charge in [0.15, 0.2) is 5.71 Å². The molecule has 7 heteroatoms. The molecule has 1 aliphatic rings. The number of rotatable bonds is 5. The highest BCUT2D eigenvalue weighted by Gasteiger charge is 2.31. The standard InChI is InChI=1S/C13H15N3O4/c1-14-7-8-4-2-3-5-9(8)15-12(17)11-6-10(13(18)19)16-20-11/h2-5,11,14H,6-7H2,1H3,(H,15,17)(H,18,19). The summed E-state index contributed by atoms with van der Waals surface area (Å²) in [5.41, 5.74) is 1.45. The minimum atomic E-state index is -1.17. The molecule has 1 amide bonds. The molecule has 2 rings (SSSR count). The Kier molecular flexibility index (Phi) is 4.31. The summed E-state index contributed by atoms with van der Waals surface area (Å²) < 4.78 is 0. The van der Waals surface area contributed by atoms with E-state index >= 15 is 0 Å². The van der Waals surface area contributed by atoms with Crippen molar-refractivity contribution in [1.82, 2.24) is 5.32 Å². The number of benzene rings is 1. The lowest BCUT2D eigenvalue weighted by molar-refractivity contribution is -0.129. The van der Waals surface area contributed by atoms with E-state index in [9.17, 15) is 9.59 Å². The van der Waals surface area contributed by atoms with Gasteiger partial charge in [-0.25, -0.2) is 4.79 Å². The number of aliphatic carboxylic acids is 1. The first-order valence-corrected chi connectivity index (χ1v) is 6.11. The number of para-hydroxylation sites is 1. The maximum atomic E-state index is 12.0. The molecule has 1 atom stereocenters. The van der Waals surface area contributed by atoms with Crippen LogP contribution in [0.2, 0.25) is 0 Å². The largest absolute Gasteiger partial charge is 0.477 e. The quantitative estimate of drug-likeness (QED) is 0.730. The molecule has 0 aliphatic carbocycles. The highest BCUT2D eigenvalue weighted by atomic mass is 16.6. The molecule has 3 N–H and O–H groups in total. The predicted molar refractivity (Wildman–Crippen MR) is 72.4 cm³/mol. The number of hydrogen-bond donors (Lipinski definition) is 3. The van der Waals surface area contributed by atoms with Crippen LogP contribution < -0.4 is 10.6 Å². The van der Waals surface area contributed by atoms with Gasteiger partial charge >= 0.3 is 5.97 Å². The number of carbonyl (C=O) groups is 2. The summed E-state index contributed by atoms with van der Waals surface area (Å²) in [6, 6.07) is 7.35. The van der Waals surface area contributed by atoms with Crippen LogP contribution in [0, 0.1) is 0 Å². The number of carboxylic acids is 1. The van der Waals surface area contributed by atoms with E-state index in [-0.39, 0.29) is 12.1 Å². The second-order valence-electron chi connectivity index (χ2n) is 4.32. The smallest absolute Gasteiger partial charge is 0.353 e. The molecule has 0 radical (unpaired) electrons. The maximum absolute atomic E-state index is 12.0. The van der Waals surface area contributed by atoms with Crippen molar-refractivity contribution in [3.63, 3.8) is 0 Å². The first-order chi connectivity index (χ1) is 9.61. The Labute approximate surface area is 115 Å². The first-order valence-electron chi connectivity index (χ1n) is 6.11. The molecule has 0 saturated carbocycles. The van der Waals surface area contributed by atoms with Gasteiger partial charge in [-0.15, -0.1) is 0 Å². The van der Waals surface area contributed by atoms with E-state index in [1.54, 1.807) is 6.07 Å². The van der Waals surface area contributed by atoms with Gasteiger partial charge in [0, 0.05) is 18.7 Å². The fraction of sp³-hybridized carbons (Fsp3) is 0.308. The van der Waals surface area contributed by atoms with Crippen LogP contribution >= 0.6 is 0 Å². The van der Waals surface area contributed by atoms with Crippen LogP contribution in [0.3, 0.4) is 0 Å². The Morgan fingerprint density at radius 3 is 2.85 bits per heavy atom. The summed E-state index contributed by atoms with van der Waals surface area (Å²) >= 11 is 0. The summed E-state index contributed by atoms with van der Waals surface area (Å²) in [4.78, 5) is 27.6. The van der Waals surface area contributed by atoms with Gasteiger partial charge in [0.1, 0.15) is 0 Å². The molecule has 1 aliphatic heterocycles. The fourth-order valence-corrected chi connectivity index (χ4v) is 1.84. The Hall–Kier alpha value is -2.41. The summed E-state index contributed by atoms with van der Waals surface area (Å²) in [7, 11) is 1.81. The molecule has 7 nitrogen and oxygen atoms in total. The average Bonchev–Trinajstić information content (AvgIpc) is 2.91. The van der Waals surface area contributed by atoms with Gasteiger partial charge in [0.25, 0.3) is 5.91 Å². The van der Waals surface area contributed by atoms with Crippen molar-refractivity contribution in [3.8, 4) is 0 Å². The minimum Gasteiger partial charge on any atom is -0.477 e. The molecule has 0 saturated heterocycles. The Balaban J connectivity index is 2.01. The lowest BCUT2D eigenvalue weighted by atomic mass is 10.1. The number of oxime groups is 1. The molecule has 1 heterocycles. The van der Waals surface area contributed by atoms with Crippen LogP contribution in [0.1, 0.15) is 12.0 Å². The lowest BCUT2D eigenvalue weighted by Crippen LogP contribution is -2.29. The van der Waals surface area contributed by atoms with Gasteiger partial charge < -0.3 is 20.6 Å². The van der Waals surface area contributed by atoms with Gasteiger partial charge in [0.05, 0.1) is 0 Å². The molecule has 0 spiro atoms. The van der Waals surface area contributed by atoms with Gasteiger partial charge in [-0.1, -0.05) is 23.4 Å². The summed E-state index contributed by atoms with van der Waals surface area (Å²) in [6.45, 7) is 0.610. The molecule has 20 heavy (non-hydrogen) atoms. The van der Waals surface area contributed by atoms with E-state index in [0.717, 1.165) is 5.56 Å². The zero-order chi connectivity index (χ0) is 14.5. The predicted octanol–water partition coefficient (Wildman–Crippen LogP) is 0.574. The molecule has 1 aromatic rings. The SMILES string of the molecule is CNCc1ccccc1NC(=O)C1CC(C(=O)O)=NO1. The monoisotopic (exact) mass is 277 g/mol. The van der Waals surface area contributed by atoms with Crippen molar-refractivity contribution in [1.29, 1.82) is 0 Å². The average molecular weight is 277 g/mol. The number of amides is 1. The number of nitrogens with zero attached hydrogens (tertiary/aromatic N) is 1. The number of carboxylic acid groups (broad SMARTS) is 1. The van der Waals surface area contributed by atoms with Gasteiger partial charge in [-0.05, 0) is 18.7 Å². The third-order valence-electron chi connectivity index (χ3n) is 2.85. The Morgan fingerprint density at radius 2 is 2.20 bits per heavy atom. The van der Waals surface area contributed by atoms with Crippen molar-refractivity contribution in [2.45, 2.75) is 19.1 Å². The normalized spacial score (nSPS) is 17.2. The van der Waals surface area contributed by atoms with Crippen LogP contribution in [0.25, 0.3) is 0 Å². The van der Waals surface area contributed by atoms with E-state index in [0.29, 0.717) is 12.2 Å². The highest BCUT2D eigenvalue weighted by molar-refractivity contribution is 6.36. The molecule has 106 valence electrons. The van der Waals surface area contributed by atoms with Crippen molar-refractivity contribution in [3.05, 3.63) is 29.8 Å². The third-order valence-corrected chi connectivity index (χ3v) is 2.85. The van der Waals surface area contributed by atoms with E-state index in [4.69, 9.17) is 9.94 Å². The van der Waals surface area contributed by atoms with Gasteiger partial charge in [0.2, 0.25) is 6.10 Å². The number of nitrogens with one attached hydrogen (secondary N) is 2. The van der Waals surface area contributed by atoms with Crippen molar-refractivity contribution in [2.75, 3.05) is 12.4 Å². The fourth-order valence-electron chi connectivity index (χ4n) is 1.84. The van der Waals surface area contributed by atoms with E-state index in [1.165, 1.54) is 0 Å². The lowest BCUT2D eigenvalue weighted by Gasteiger charge is -2.13. The van der Waals surface area contributed by atoms with Crippen molar-refractivity contribution < 1.29 is 19.5 Å². The van der Waals surface area contributed by atoms with Gasteiger partial charge in [-0.3, -0.25) is 4.79 Å². The van der Waals surface area contributed by atoms with E-state index < -0.39 is 18.0 Å². The zero-order valence-corrected chi connectivity index (χ0v) is 10.9. The molecule has 1 unspecified atom stereocenters. The van der Waals surface area contributed by atoms with Crippen LogP contribution in [-0.2, 0) is 21.0 Å². The van der Waals surface area contributed by atoms with Crippen LogP contribution in [0.15, 0.2) is 29.4 Å². The molecule has 1 aromatic carbocycles. The van der Waals surface area contributed by atoms with Crippen LogP contribution in [0.5, 0.6) is 0 Å². The summed E-state index contributed by atoms with van der Waals surface area (Å²) in [5, 5.41) is 17.9. The zero-order valence-electron chi connectivity index (χ0n) is 10.9. The molecular weight excluding hydrogens is 262 g/mol. The topological polar surface area (TPSA) is 100 Å². The minimum absolute atomic E-state index is 0.0324. The number of carbonyl (C=O) groups excluding carboxylic acids is 1. The van der Waals surface area contributed by atoms with Gasteiger partial charge in [-0.2, -0.15) is 0 Å². The molecular formula is C13H15N3O4. The molecule has 0 fully saturated rings. The first kappa shape index (κ1) is 14.0. The second-order valence-corrected chi connectivity index (χ2v) is 4.32. The van der Waals surface area contributed by atoms with E-state index in [2.05, 4.69) is 15.8 Å². The summed E-state index contributed by atoms with van der Waals surface area (Å²) in [5.74, 6) is -1.58. The number of anilines is 1. The van der Waals surface area contributed by atoms with E-state index in [1.807, 2.05) is 25.2 Å². The molecule has 0 bridgehead atoms. The Morgan fingerprint density at radius 1 is 1.45 bits per heavy atom. The van der Waals surface area contributed by atoms with Crippen molar-refractivity contribution >= 4 is 23.3 Å². The number of hydrogen-bond acceptors (Lipinski definition) is 5. The third kappa shape index (κ3) is 3.12. The van der Waals surface area contributed by atoms with Crippen molar-refractivity contribution in [2.24, 2.45) is 5.16 Å². The molecule has 0 aromatic heterocycles. The maximum Gasteiger partial charge on any atom is 0.353 e. The highest BCUT2D eigenvalue weighted by Crippen LogP contribution is 2.18. The van der Waals surface area contributed by atoms with Crippen LogP contribution in [0.4, 0.5) is 5.69 Å².